The van der Waals surface area contributed by atoms with Crippen LogP contribution in [0.1, 0.15) is 0 Å². The van der Waals surface area contributed by atoms with E-state index < -0.39 is 12.5 Å². The van der Waals surface area contributed by atoms with Crippen molar-refractivity contribution in [3.05, 3.63) is 5.21 Å². The maximum absolute atomic E-state index is 9.34. The third-order valence-corrected chi connectivity index (χ3v) is 0.223. The van der Waals surface area contributed by atoms with E-state index in [0.29, 0.717) is 0 Å². The monoisotopic (exact) mass is 113 g/mol. The summed E-state index contributed by atoms with van der Waals surface area (Å²) in [5, 5.41) is 16.8. The number of nitrogens with one attached hydrogen (secondary N) is 1. The first-order valence-electron chi connectivity index (χ1n) is 1.34. The van der Waals surface area contributed by atoms with E-state index in [4.69, 9.17) is 10.3 Å². The molecule has 0 spiro atoms. The molecule has 0 aromatic carbocycles. The molecular weight excluding hydrogens is 109 g/mol. The molecule has 0 radical (unpaired) electrons. The fourth-order valence-electron chi connectivity index (χ4n) is 0.0617. The number of rotatable bonds is 2. The third kappa shape index (κ3) is 10.7. The van der Waals surface area contributed by atoms with Crippen LogP contribution in [-0.2, 0) is 4.79 Å². The van der Waals surface area contributed by atoms with Crippen LogP contribution in [0.5, 0.6) is 0 Å². The summed E-state index contributed by atoms with van der Waals surface area (Å²) in [6.07, 6.45) is 0. The van der Waals surface area contributed by atoms with E-state index in [1.807, 2.05) is 0 Å². The summed E-state index contributed by atoms with van der Waals surface area (Å²) in [7, 11) is 0. The first-order valence-corrected chi connectivity index (χ1v) is 1.34. The number of hydrogen-bond acceptors (Lipinski definition) is 3. The standard InChI is InChI=1S/C2H4NO3.Na/c4-2(5)1-3-6;/h3H,1H2,(H,4,5);/q-1;+1. The first kappa shape index (κ1) is 10.4. The molecule has 0 heterocycles. The Bertz CT molecular complexity index is 56.9. The molecule has 0 rings (SSSR count). The topological polar surface area (TPSA) is 72.4 Å². The van der Waals surface area contributed by atoms with Crippen LogP contribution in [0, 0.1) is 5.21 Å². The molecule has 0 aromatic heterocycles. The quantitative estimate of drug-likeness (QED) is 0.284. The zero-order valence-corrected chi connectivity index (χ0v) is 5.97. The van der Waals surface area contributed by atoms with E-state index in [9.17, 15) is 4.79 Å². The van der Waals surface area contributed by atoms with Crippen LogP contribution in [0.15, 0.2) is 0 Å². The van der Waals surface area contributed by atoms with Gasteiger partial charge in [-0.15, -0.1) is 0 Å². The van der Waals surface area contributed by atoms with Gasteiger partial charge in [0.05, 0.1) is 6.54 Å². The minimum atomic E-state index is -1.13. The van der Waals surface area contributed by atoms with Crippen molar-refractivity contribution in [3.63, 3.8) is 0 Å². The molecule has 0 aliphatic rings. The zero-order chi connectivity index (χ0) is 4.99. The molecule has 5 heteroatoms. The molecular formula is C2H4NNaO3. The Morgan fingerprint density at radius 2 is 2.29 bits per heavy atom. The summed E-state index contributed by atoms with van der Waals surface area (Å²) in [4.78, 5) is 9.34. The van der Waals surface area contributed by atoms with E-state index in [1.54, 1.807) is 0 Å². The summed E-state index contributed by atoms with van der Waals surface area (Å²) in [5.41, 5.74) is 1.22. The number of carboxylic acids is 1. The minimum Gasteiger partial charge on any atom is -0.787 e. The van der Waals surface area contributed by atoms with Gasteiger partial charge in [0.1, 0.15) is 0 Å². The van der Waals surface area contributed by atoms with Crippen LogP contribution in [-0.4, -0.2) is 17.6 Å². The molecule has 0 bridgehead atoms. The maximum atomic E-state index is 9.34. The Labute approximate surface area is 62.8 Å². The third-order valence-electron chi connectivity index (χ3n) is 0.223. The second-order valence-corrected chi connectivity index (χ2v) is 0.715. The molecule has 0 aromatic rings. The van der Waals surface area contributed by atoms with Crippen molar-refractivity contribution in [1.29, 1.82) is 0 Å². The Hall–Kier alpha value is 0.390. The van der Waals surface area contributed by atoms with Crippen molar-refractivity contribution in [1.82, 2.24) is 5.48 Å². The van der Waals surface area contributed by atoms with Gasteiger partial charge in [0.25, 0.3) is 0 Å². The van der Waals surface area contributed by atoms with Crippen molar-refractivity contribution >= 4 is 5.97 Å². The molecule has 0 atom stereocenters. The predicted molar refractivity (Wildman–Crippen MR) is 19.0 cm³/mol. The van der Waals surface area contributed by atoms with Crippen LogP contribution in [0.4, 0.5) is 0 Å². The molecule has 0 saturated heterocycles. The fourth-order valence-corrected chi connectivity index (χ4v) is 0.0617. The van der Waals surface area contributed by atoms with E-state index >= 15 is 0 Å². The van der Waals surface area contributed by atoms with Crippen molar-refractivity contribution < 1.29 is 39.5 Å². The average Bonchev–Trinajstić information content (AvgIpc) is 1.35. The van der Waals surface area contributed by atoms with E-state index in [-0.39, 0.29) is 29.6 Å². The maximum Gasteiger partial charge on any atom is 1.00 e. The smallest absolute Gasteiger partial charge is 0.787 e. The molecule has 36 valence electrons. The summed E-state index contributed by atoms with van der Waals surface area (Å²) in [6, 6.07) is 0. The summed E-state index contributed by atoms with van der Waals surface area (Å²) in [5.74, 6) is -1.13. The molecule has 0 amide bonds. The normalized spacial score (nSPS) is 7.00. The van der Waals surface area contributed by atoms with Gasteiger partial charge in [0.15, 0.2) is 0 Å². The van der Waals surface area contributed by atoms with E-state index in [1.165, 1.54) is 5.48 Å². The SMILES string of the molecule is O=C(O)CN[O-].[Na+]. The molecule has 0 fully saturated rings. The van der Waals surface area contributed by atoms with E-state index in [0.717, 1.165) is 0 Å². The second kappa shape index (κ2) is 6.39. The Kier molecular flexibility index (Phi) is 9.48. The van der Waals surface area contributed by atoms with Gasteiger partial charge in [-0.25, -0.2) is 0 Å². The van der Waals surface area contributed by atoms with Crippen LogP contribution in [0.25, 0.3) is 0 Å². The summed E-state index contributed by atoms with van der Waals surface area (Å²) < 4.78 is 0. The van der Waals surface area contributed by atoms with Crippen molar-refractivity contribution in [3.8, 4) is 0 Å². The first-order chi connectivity index (χ1) is 2.77. The van der Waals surface area contributed by atoms with Gasteiger partial charge in [-0.05, 0) is 0 Å². The van der Waals surface area contributed by atoms with Crippen LogP contribution < -0.4 is 35.0 Å². The largest absolute Gasteiger partial charge is 1.00 e. The Morgan fingerprint density at radius 3 is 2.29 bits per heavy atom. The van der Waals surface area contributed by atoms with Crippen molar-refractivity contribution in [2.75, 3.05) is 6.54 Å². The Morgan fingerprint density at radius 1 is 1.86 bits per heavy atom. The number of aliphatic carboxylic acids is 1. The molecule has 0 aliphatic carbocycles. The van der Waals surface area contributed by atoms with Gasteiger partial charge in [-0.3, -0.25) is 4.79 Å². The molecule has 0 aliphatic heterocycles. The van der Waals surface area contributed by atoms with Crippen molar-refractivity contribution in [2.24, 2.45) is 0 Å². The second-order valence-electron chi connectivity index (χ2n) is 0.715. The molecule has 0 unspecified atom stereocenters. The molecule has 4 nitrogen and oxygen atoms in total. The average molecular weight is 113 g/mol. The summed E-state index contributed by atoms with van der Waals surface area (Å²) >= 11 is 0. The number of hydrogen-bond donors (Lipinski definition) is 2. The zero-order valence-electron chi connectivity index (χ0n) is 3.97. The molecule has 7 heavy (non-hydrogen) atoms. The van der Waals surface area contributed by atoms with Gasteiger partial charge in [0.2, 0.25) is 0 Å². The van der Waals surface area contributed by atoms with E-state index in [2.05, 4.69) is 0 Å². The van der Waals surface area contributed by atoms with Crippen LogP contribution >= 0.6 is 0 Å². The Balaban J connectivity index is 0. The summed E-state index contributed by atoms with van der Waals surface area (Å²) in [6.45, 7) is -0.514. The number of carboxylic acid groups (broad SMARTS) is 1. The number of carbonyl (C=O) groups is 1. The minimum absolute atomic E-state index is 0. The van der Waals surface area contributed by atoms with Crippen molar-refractivity contribution in [2.45, 2.75) is 0 Å². The molecule has 0 saturated carbocycles. The van der Waals surface area contributed by atoms with Crippen LogP contribution in [0.2, 0.25) is 0 Å². The van der Waals surface area contributed by atoms with Gasteiger partial charge in [0, 0.05) is 0 Å². The van der Waals surface area contributed by atoms with Crippen LogP contribution in [0.3, 0.4) is 0 Å². The van der Waals surface area contributed by atoms with Gasteiger partial charge in [-0.2, -0.15) is 0 Å². The van der Waals surface area contributed by atoms with Gasteiger partial charge < -0.3 is 15.8 Å². The number of hydroxylamine groups is 1. The molecule has 2 N–H and O–H groups in total. The van der Waals surface area contributed by atoms with Gasteiger partial charge >= 0.3 is 35.5 Å². The van der Waals surface area contributed by atoms with Gasteiger partial charge in [-0.1, -0.05) is 0 Å². The predicted octanol–water partition coefficient (Wildman–Crippen LogP) is -3.84. The fraction of sp³-hybridized carbons (Fsp3) is 0.500.